The summed E-state index contributed by atoms with van der Waals surface area (Å²) in [5.74, 6) is -3.59. The van der Waals surface area contributed by atoms with E-state index in [9.17, 15) is 13.6 Å². The Hall–Kier alpha value is -3.08. The van der Waals surface area contributed by atoms with Crippen LogP contribution in [0.1, 0.15) is 16.1 Å². The van der Waals surface area contributed by atoms with Crippen LogP contribution in [0, 0.1) is 23.0 Å². The molecular formula is C14H11F2N3O3. The number of nitrogens with zero attached hydrogens (tertiary/aromatic N) is 2. The van der Waals surface area contributed by atoms with Crippen LogP contribution in [0.2, 0.25) is 0 Å². The fourth-order valence-electron chi connectivity index (χ4n) is 2.01. The van der Waals surface area contributed by atoms with Crippen LogP contribution in [0.5, 0.6) is 5.75 Å². The first-order valence-electron chi connectivity index (χ1n) is 5.97. The minimum Gasteiger partial charge on any atom is -0.491 e. The summed E-state index contributed by atoms with van der Waals surface area (Å²) in [7, 11) is 2.28. The van der Waals surface area contributed by atoms with E-state index in [1.165, 1.54) is 12.3 Å². The van der Waals surface area contributed by atoms with Crippen molar-refractivity contribution in [2.24, 2.45) is 0 Å². The third kappa shape index (κ3) is 2.22. The molecule has 0 saturated carbocycles. The smallest absolute Gasteiger partial charge is 0.357 e. The van der Waals surface area contributed by atoms with Gasteiger partial charge in [-0.15, -0.1) is 0 Å². The van der Waals surface area contributed by atoms with E-state index >= 15 is 0 Å². The summed E-state index contributed by atoms with van der Waals surface area (Å²) in [5, 5.41) is 9.02. The average molecular weight is 307 g/mol. The van der Waals surface area contributed by atoms with Gasteiger partial charge in [-0.2, -0.15) is 9.65 Å². The molecule has 2 N–H and O–H groups in total. The monoisotopic (exact) mass is 307 g/mol. The molecule has 0 radical (unpaired) electrons. The summed E-state index contributed by atoms with van der Waals surface area (Å²) < 4.78 is 37.7. The van der Waals surface area contributed by atoms with E-state index in [0.717, 1.165) is 24.9 Å². The zero-order chi connectivity index (χ0) is 16.4. The van der Waals surface area contributed by atoms with Crippen LogP contribution in [0.25, 0.3) is 5.69 Å². The second kappa shape index (κ2) is 5.73. The van der Waals surface area contributed by atoms with Crippen molar-refractivity contribution in [3.05, 3.63) is 41.2 Å². The van der Waals surface area contributed by atoms with Crippen molar-refractivity contribution >= 4 is 11.7 Å². The lowest BCUT2D eigenvalue weighted by Gasteiger charge is -2.13. The van der Waals surface area contributed by atoms with Crippen molar-refractivity contribution < 1.29 is 23.0 Å². The Morgan fingerprint density at radius 2 is 2.05 bits per heavy atom. The van der Waals surface area contributed by atoms with E-state index in [2.05, 4.69) is 4.74 Å². The van der Waals surface area contributed by atoms with Crippen molar-refractivity contribution in [3.63, 3.8) is 0 Å². The van der Waals surface area contributed by atoms with Crippen LogP contribution in [-0.2, 0) is 4.74 Å². The molecule has 0 bridgehead atoms. The molecule has 0 atom stereocenters. The molecule has 1 heterocycles. The number of hydrogen-bond acceptors (Lipinski definition) is 5. The Morgan fingerprint density at radius 1 is 1.36 bits per heavy atom. The van der Waals surface area contributed by atoms with Gasteiger partial charge in [-0.25, -0.2) is 9.18 Å². The second-order valence-electron chi connectivity index (χ2n) is 4.19. The molecule has 0 amide bonds. The number of halogens is 2. The number of ether oxygens (including phenoxy) is 2. The van der Waals surface area contributed by atoms with E-state index in [0.29, 0.717) is 0 Å². The first-order chi connectivity index (χ1) is 10.5. The van der Waals surface area contributed by atoms with Gasteiger partial charge in [-0.05, 0) is 12.1 Å². The van der Waals surface area contributed by atoms with Gasteiger partial charge >= 0.3 is 5.97 Å². The molecule has 0 aliphatic carbocycles. The van der Waals surface area contributed by atoms with Crippen LogP contribution in [0.15, 0.2) is 18.3 Å². The Kier molecular flexibility index (Phi) is 3.99. The summed E-state index contributed by atoms with van der Waals surface area (Å²) in [5.41, 5.74) is 5.44. The van der Waals surface area contributed by atoms with Gasteiger partial charge in [0.25, 0.3) is 0 Å². The van der Waals surface area contributed by atoms with Gasteiger partial charge in [-0.3, -0.25) is 0 Å². The summed E-state index contributed by atoms with van der Waals surface area (Å²) in [6.45, 7) is 0. The lowest BCUT2D eigenvalue weighted by atomic mass is 10.2. The van der Waals surface area contributed by atoms with Gasteiger partial charge in [-0.1, -0.05) is 0 Å². The molecule has 0 spiro atoms. The number of carbonyl (C=O) groups excluding carboxylic acids is 1. The van der Waals surface area contributed by atoms with Crippen molar-refractivity contribution in [2.45, 2.75) is 0 Å². The number of methoxy groups -OCH3 is 2. The first-order valence-corrected chi connectivity index (χ1v) is 5.97. The lowest BCUT2D eigenvalue weighted by Crippen LogP contribution is -2.12. The Balaban J connectivity index is 2.81. The molecule has 0 unspecified atom stereocenters. The molecule has 6 nitrogen and oxygen atoms in total. The van der Waals surface area contributed by atoms with Crippen LogP contribution >= 0.6 is 0 Å². The predicted octanol–water partition coefficient (Wildman–Crippen LogP) is 2.00. The van der Waals surface area contributed by atoms with Gasteiger partial charge in [0, 0.05) is 6.20 Å². The van der Waals surface area contributed by atoms with Crippen LogP contribution in [0.4, 0.5) is 14.5 Å². The van der Waals surface area contributed by atoms with Gasteiger partial charge in [0.05, 0.1) is 31.2 Å². The molecule has 2 rings (SSSR count). The van der Waals surface area contributed by atoms with E-state index in [4.69, 9.17) is 15.7 Å². The van der Waals surface area contributed by atoms with Crippen molar-refractivity contribution in [3.8, 4) is 17.5 Å². The van der Waals surface area contributed by atoms with Crippen molar-refractivity contribution in [1.82, 2.24) is 4.57 Å². The molecule has 2 aromatic rings. The SMILES string of the molecule is COC(=O)c1c(N)c(C#N)cn1-c1ccc(F)c(F)c1OC. The van der Waals surface area contributed by atoms with E-state index in [-0.39, 0.29) is 22.6 Å². The summed E-state index contributed by atoms with van der Waals surface area (Å²) in [4.78, 5) is 11.9. The second-order valence-corrected chi connectivity index (χ2v) is 4.19. The number of hydrogen-bond donors (Lipinski definition) is 1. The maximum Gasteiger partial charge on any atom is 0.357 e. The topological polar surface area (TPSA) is 90.3 Å². The molecule has 0 saturated heterocycles. The van der Waals surface area contributed by atoms with Crippen LogP contribution < -0.4 is 10.5 Å². The minimum absolute atomic E-state index is 0.00723. The number of nitrogen functional groups attached to an aromatic ring is 1. The standard InChI is InChI=1S/C14H11F2N3O3/c1-21-13-9(4-3-8(15)10(13)16)19-6-7(5-17)11(18)12(19)14(20)22-2/h3-4,6H,18H2,1-2H3. The van der Waals surface area contributed by atoms with Gasteiger partial charge in [0.15, 0.2) is 17.3 Å². The van der Waals surface area contributed by atoms with E-state index < -0.39 is 23.4 Å². The highest BCUT2D eigenvalue weighted by atomic mass is 19.2. The Labute approximate surface area is 124 Å². The number of rotatable bonds is 3. The largest absolute Gasteiger partial charge is 0.491 e. The van der Waals surface area contributed by atoms with Gasteiger partial charge < -0.3 is 19.8 Å². The number of nitriles is 1. The van der Waals surface area contributed by atoms with Crippen molar-refractivity contribution in [2.75, 3.05) is 20.0 Å². The fourth-order valence-corrected chi connectivity index (χ4v) is 2.01. The molecular weight excluding hydrogens is 296 g/mol. The highest BCUT2D eigenvalue weighted by Crippen LogP contribution is 2.32. The molecule has 8 heteroatoms. The summed E-state index contributed by atoms with van der Waals surface area (Å²) >= 11 is 0. The van der Waals surface area contributed by atoms with E-state index in [1.807, 2.05) is 0 Å². The van der Waals surface area contributed by atoms with Gasteiger partial charge in [0.2, 0.25) is 5.82 Å². The van der Waals surface area contributed by atoms with Gasteiger partial charge in [0.1, 0.15) is 6.07 Å². The molecule has 0 aliphatic rings. The number of anilines is 1. The van der Waals surface area contributed by atoms with E-state index in [1.54, 1.807) is 6.07 Å². The third-order valence-electron chi connectivity index (χ3n) is 3.04. The lowest BCUT2D eigenvalue weighted by molar-refractivity contribution is 0.0593. The highest BCUT2D eigenvalue weighted by Gasteiger charge is 2.25. The maximum atomic E-state index is 13.8. The molecule has 0 aliphatic heterocycles. The Bertz CT molecular complexity index is 794. The number of esters is 1. The maximum absolute atomic E-state index is 13.8. The first kappa shape index (κ1) is 15.3. The number of carbonyl (C=O) groups is 1. The summed E-state index contributed by atoms with van der Waals surface area (Å²) in [6, 6.07) is 3.88. The van der Waals surface area contributed by atoms with Crippen LogP contribution in [0.3, 0.4) is 0 Å². The van der Waals surface area contributed by atoms with Crippen molar-refractivity contribution in [1.29, 1.82) is 5.26 Å². The number of benzene rings is 1. The number of aromatic nitrogens is 1. The molecule has 0 fully saturated rings. The molecule has 1 aromatic carbocycles. The van der Waals surface area contributed by atoms with Crippen LogP contribution in [-0.4, -0.2) is 24.8 Å². The minimum atomic E-state index is -1.22. The quantitative estimate of drug-likeness (QED) is 0.876. The highest BCUT2D eigenvalue weighted by molar-refractivity contribution is 5.96. The third-order valence-corrected chi connectivity index (χ3v) is 3.04. The molecule has 114 valence electrons. The fraction of sp³-hybridized carbons (Fsp3) is 0.143. The normalized spacial score (nSPS) is 10.1. The molecule has 1 aromatic heterocycles. The summed E-state index contributed by atoms with van der Waals surface area (Å²) in [6.07, 6.45) is 1.22. The molecule has 22 heavy (non-hydrogen) atoms. The number of nitrogens with two attached hydrogens (primary N) is 1. The average Bonchev–Trinajstić information content (AvgIpc) is 2.85. The zero-order valence-corrected chi connectivity index (χ0v) is 11.7. The Morgan fingerprint density at radius 3 is 2.59 bits per heavy atom. The zero-order valence-electron chi connectivity index (χ0n) is 11.7. The predicted molar refractivity (Wildman–Crippen MR) is 72.7 cm³/mol.